The molecule has 0 saturated carbocycles. The van der Waals surface area contributed by atoms with Crippen LogP contribution in [0.3, 0.4) is 0 Å². The van der Waals surface area contributed by atoms with Crippen molar-refractivity contribution in [3.63, 3.8) is 0 Å². The van der Waals surface area contributed by atoms with E-state index in [1.54, 1.807) is 6.20 Å². The fourth-order valence-electron chi connectivity index (χ4n) is 0.566. The third-order valence-electron chi connectivity index (χ3n) is 1.05. The van der Waals surface area contributed by atoms with Gasteiger partial charge in [0.25, 0.3) is 0 Å². The second-order valence-corrected chi connectivity index (χ2v) is 2.38. The van der Waals surface area contributed by atoms with E-state index in [9.17, 15) is 0 Å². The van der Waals surface area contributed by atoms with E-state index < -0.39 is 0 Å². The lowest BCUT2D eigenvalue weighted by Crippen LogP contribution is -1.87. The maximum atomic E-state index is 4.10. The van der Waals surface area contributed by atoms with E-state index in [1.165, 1.54) is 0 Å². The summed E-state index contributed by atoms with van der Waals surface area (Å²) in [7, 11) is 0. The Morgan fingerprint density at radius 2 is 2.44 bits per heavy atom. The van der Waals surface area contributed by atoms with E-state index in [0.29, 0.717) is 4.73 Å². The van der Waals surface area contributed by atoms with Crippen LogP contribution in [0.1, 0.15) is 12.6 Å². The summed E-state index contributed by atoms with van der Waals surface area (Å²) >= 11 is 3.18. The molecule has 9 heavy (non-hydrogen) atoms. The van der Waals surface area contributed by atoms with Gasteiger partial charge in [0.15, 0.2) is 4.73 Å². The van der Waals surface area contributed by atoms with Gasteiger partial charge >= 0.3 is 0 Å². The molecular weight excluding hydrogens is 180 g/mol. The van der Waals surface area contributed by atoms with Gasteiger partial charge in [-0.3, -0.25) is 0 Å². The van der Waals surface area contributed by atoms with Crippen molar-refractivity contribution in [3.05, 3.63) is 22.7 Å². The van der Waals surface area contributed by atoms with Crippen molar-refractivity contribution in [3.8, 4) is 0 Å². The Kier molecular flexibility index (Phi) is 2.16. The van der Waals surface area contributed by atoms with Crippen molar-refractivity contribution >= 4 is 15.9 Å². The van der Waals surface area contributed by atoms with Crippen molar-refractivity contribution in [1.29, 1.82) is 0 Å². The molecule has 0 atom stereocenters. The molecule has 1 aromatic rings. The van der Waals surface area contributed by atoms with Crippen molar-refractivity contribution in [2.75, 3.05) is 0 Å². The van der Waals surface area contributed by atoms with Crippen LogP contribution in [-0.4, -0.2) is 9.97 Å². The van der Waals surface area contributed by atoms with Crippen molar-refractivity contribution in [2.24, 2.45) is 0 Å². The zero-order valence-electron chi connectivity index (χ0n) is 5.13. The van der Waals surface area contributed by atoms with Crippen LogP contribution in [0.5, 0.6) is 0 Å². The van der Waals surface area contributed by atoms with E-state index in [4.69, 9.17) is 0 Å². The topological polar surface area (TPSA) is 25.8 Å². The summed E-state index contributed by atoms with van der Waals surface area (Å²) in [6.07, 6.45) is 2.71. The molecule has 0 bridgehead atoms. The fourth-order valence-corrected chi connectivity index (χ4v) is 0.912. The molecule has 2 nitrogen and oxygen atoms in total. The third-order valence-corrected chi connectivity index (χ3v) is 1.43. The van der Waals surface area contributed by atoms with Crippen LogP contribution in [0, 0.1) is 0 Å². The summed E-state index contributed by atoms with van der Waals surface area (Å²) in [5, 5.41) is 0. The molecule has 0 aromatic carbocycles. The minimum atomic E-state index is 0.668. The molecule has 1 heterocycles. The first-order valence-corrected chi connectivity index (χ1v) is 3.59. The van der Waals surface area contributed by atoms with Crippen LogP contribution >= 0.6 is 15.9 Å². The number of aromatic nitrogens is 2. The summed E-state index contributed by atoms with van der Waals surface area (Å²) in [6, 6.07) is 1.91. The van der Waals surface area contributed by atoms with Gasteiger partial charge in [0.05, 0.1) is 0 Å². The highest BCUT2D eigenvalue weighted by atomic mass is 79.9. The van der Waals surface area contributed by atoms with E-state index >= 15 is 0 Å². The second-order valence-electron chi connectivity index (χ2n) is 1.67. The van der Waals surface area contributed by atoms with Gasteiger partial charge in [-0.05, 0) is 28.4 Å². The molecule has 0 fully saturated rings. The molecular formula is C6H7BrN2. The first-order valence-electron chi connectivity index (χ1n) is 2.80. The highest BCUT2D eigenvalue weighted by Gasteiger charge is 1.90. The third kappa shape index (κ3) is 1.75. The van der Waals surface area contributed by atoms with Gasteiger partial charge in [-0.15, -0.1) is 0 Å². The van der Waals surface area contributed by atoms with Gasteiger partial charge in [0, 0.05) is 11.9 Å². The largest absolute Gasteiger partial charge is 0.231 e. The molecule has 0 spiro atoms. The molecule has 1 aromatic heterocycles. The van der Waals surface area contributed by atoms with Gasteiger partial charge in [-0.1, -0.05) is 6.92 Å². The summed E-state index contributed by atoms with van der Waals surface area (Å²) in [6.45, 7) is 2.06. The summed E-state index contributed by atoms with van der Waals surface area (Å²) < 4.78 is 0.668. The standard InChI is InChI=1S/C6H7BrN2/c1-2-5-3-4-8-6(7)9-5/h3-4H,2H2,1H3. The van der Waals surface area contributed by atoms with E-state index in [0.717, 1.165) is 12.1 Å². The van der Waals surface area contributed by atoms with Crippen LogP contribution in [0.2, 0.25) is 0 Å². The fraction of sp³-hybridized carbons (Fsp3) is 0.333. The quantitative estimate of drug-likeness (QED) is 0.626. The normalized spacial score (nSPS) is 9.56. The van der Waals surface area contributed by atoms with Gasteiger partial charge in [-0.25, -0.2) is 9.97 Å². The molecule has 0 aliphatic carbocycles. The number of hydrogen-bond acceptors (Lipinski definition) is 2. The molecule has 0 aliphatic heterocycles. The Morgan fingerprint density at radius 1 is 1.67 bits per heavy atom. The Hall–Kier alpha value is -0.440. The Morgan fingerprint density at radius 3 is 2.89 bits per heavy atom. The maximum absolute atomic E-state index is 4.10. The van der Waals surface area contributed by atoms with Gasteiger partial charge in [0.1, 0.15) is 0 Å². The van der Waals surface area contributed by atoms with Crippen molar-refractivity contribution < 1.29 is 0 Å². The Balaban J connectivity index is 2.94. The van der Waals surface area contributed by atoms with Gasteiger partial charge in [-0.2, -0.15) is 0 Å². The highest BCUT2D eigenvalue weighted by Crippen LogP contribution is 2.01. The monoisotopic (exact) mass is 186 g/mol. The number of rotatable bonds is 1. The molecule has 3 heteroatoms. The maximum Gasteiger partial charge on any atom is 0.196 e. The highest BCUT2D eigenvalue weighted by molar-refractivity contribution is 9.10. The van der Waals surface area contributed by atoms with Gasteiger partial charge in [0.2, 0.25) is 0 Å². The SMILES string of the molecule is CCc1ccnc(Br)n1. The molecule has 0 N–H and O–H groups in total. The molecule has 0 radical (unpaired) electrons. The lowest BCUT2D eigenvalue weighted by atomic mass is 10.3. The average molecular weight is 187 g/mol. The summed E-state index contributed by atoms with van der Waals surface area (Å²) in [4.78, 5) is 7.99. The molecule has 0 saturated heterocycles. The van der Waals surface area contributed by atoms with E-state index in [1.807, 2.05) is 6.07 Å². The lowest BCUT2D eigenvalue weighted by Gasteiger charge is -1.92. The second kappa shape index (κ2) is 2.92. The van der Waals surface area contributed by atoms with Crippen molar-refractivity contribution in [2.45, 2.75) is 13.3 Å². The summed E-state index contributed by atoms with van der Waals surface area (Å²) in [5.74, 6) is 0. The van der Waals surface area contributed by atoms with Crippen LogP contribution in [-0.2, 0) is 6.42 Å². The molecule has 48 valence electrons. The predicted molar refractivity (Wildman–Crippen MR) is 39.1 cm³/mol. The average Bonchev–Trinajstić information content (AvgIpc) is 1.88. The molecule has 1 rings (SSSR count). The number of nitrogens with zero attached hydrogens (tertiary/aromatic N) is 2. The Labute approximate surface area is 62.5 Å². The molecule has 0 amide bonds. The van der Waals surface area contributed by atoms with Crippen molar-refractivity contribution in [1.82, 2.24) is 9.97 Å². The predicted octanol–water partition coefficient (Wildman–Crippen LogP) is 1.80. The molecule has 0 unspecified atom stereocenters. The zero-order valence-corrected chi connectivity index (χ0v) is 6.72. The van der Waals surface area contributed by atoms with Crippen LogP contribution in [0.4, 0.5) is 0 Å². The van der Waals surface area contributed by atoms with Crippen LogP contribution < -0.4 is 0 Å². The molecule has 0 aliphatic rings. The first kappa shape index (κ1) is 6.68. The van der Waals surface area contributed by atoms with E-state index in [2.05, 4.69) is 32.8 Å². The smallest absolute Gasteiger partial charge is 0.196 e. The summed E-state index contributed by atoms with van der Waals surface area (Å²) in [5.41, 5.74) is 1.07. The van der Waals surface area contributed by atoms with E-state index in [-0.39, 0.29) is 0 Å². The minimum absolute atomic E-state index is 0.668. The zero-order chi connectivity index (χ0) is 6.69. The van der Waals surface area contributed by atoms with Gasteiger partial charge < -0.3 is 0 Å². The number of aryl methyl sites for hydroxylation is 1. The Bertz CT molecular complexity index is 200. The first-order chi connectivity index (χ1) is 4.33. The lowest BCUT2D eigenvalue weighted by molar-refractivity contribution is 0.973. The minimum Gasteiger partial charge on any atom is -0.231 e. The number of halogens is 1. The number of hydrogen-bond donors (Lipinski definition) is 0. The van der Waals surface area contributed by atoms with Crippen LogP contribution in [0.25, 0.3) is 0 Å². The van der Waals surface area contributed by atoms with Crippen LogP contribution in [0.15, 0.2) is 17.0 Å².